The van der Waals surface area contributed by atoms with Gasteiger partial charge >= 0.3 is 6.18 Å². The summed E-state index contributed by atoms with van der Waals surface area (Å²) in [7, 11) is 0. The summed E-state index contributed by atoms with van der Waals surface area (Å²) in [5.41, 5.74) is -0.253. The Labute approximate surface area is 121 Å². The monoisotopic (exact) mass is 301 g/mol. The summed E-state index contributed by atoms with van der Waals surface area (Å²) in [5.74, 6) is 0. The summed E-state index contributed by atoms with van der Waals surface area (Å²) in [6, 6.07) is 3.96. The minimum absolute atomic E-state index is 0.0279. The van der Waals surface area contributed by atoms with Crippen LogP contribution in [0.3, 0.4) is 0 Å². The van der Waals surface area contributed by atoms with Crippen molar-refractivity contribution >= 4 is 5.69 Å². The fourth-order valence-corrected chi connectivity index (χ4v) is 3.68. The molecule has 0 radical (unpaired) electrons. The lowest BCUT2D eigenvalue weighted by molar-refractivity contribution is -0.137. The highest BCUT2D eigenvalue weighted by Gasteiger charge is 2.44. The van der Waals surface area contributed by atoms with E-state index in [2.05, 4.69) is 0 Å². The van der Waals surface area contributed by atoms with E-state index >= 15 is 0 Å². The van der Waals surface area contributed by atoms with Crippen molar-refractivity contribution in [2.75, 3.05) is 4.90 Å². The number of hydrogen-bond donors (Lipinski definition) is 2. The summed E-state index contributed by atoms with van der Waals surface area (Å²) >= 11 is 0. The van der Waals surface area contributed by atoms with Crippen molar-refractivity contribution in [3.63, 3.8) is 0 Å². The molecule has 3 nitrogen and oxygen atoms in total. The summed E-state index contributed by atoms with van der Waals surface area (Å²) in [6.45, 7) is -0.408. The minimum atomic E-state index is -4.45. The van der Waals surface area contributed by atoms with Crippen molar-refractivity contribution in [3.8, 4) is 0 Å². The second kappa shape index (κ2) is 5.18. The Kier molecular flexibility index (Phi) is 3.61. The number of anilines is 1. The quantitative estimate of drug-likeness (QED) is 0.882. The molecule has 2 unspecified atom stereocenters. The molecule has 6 heteroatoms. The van der Waals surface area contributed by atoms with Crippen LogP contribution < -0.4 is 4.90 Å². The lowest BCUT2D eigenvalue weighted by Crippen LogP contribution is -2.45. The SMILES string of the molecule is OCc1ccc(N2C3CCC2CC(O)C3)c(C(F)(F)F)c1. The van der Waals surface area contributed by atoms with E-state index in [1.807, 2.05) is 4.90 Å². The van der Waals surface area contributed by atoms with Gasteiger partial charge in [0.1, 0.15) is 0 Å². The molecule has 2 fully saturated rings. The fraction of sp³-hybridized carbons (Fsp3) is 0.600. The molecular formula is C15H18F3NO2. The number of aliphatic hydroxyl groups is 2. The van der Waals surface area contributed by atoms with Gasteiger partial charge in [0.25, 0.3) is 0 Å². The molecule has 2 heterocycles. The molecule has 1 aromatic carbocycles. The molecule has 2 saturated heterocycles. The van der Waals surface area contributed by atoms with Crippen molar-refractivity contribution in [1.82, 2.24) is 0 Å². The average molecular weight is 301 g/mol. The molecule has 2 aliphatic rings. The van der Waals surface area contributed by atoms with Crippen LogP contribution >= 0.6 is 0 Å². The van der Waals surface area contributed by atoms with E-state index in [1.165, 1.54) is 12.1 Å². The Hall–Kier alpha value is -1.27. The lowest BCUT2D eigenvalue weighted by atomic mass is 9.97. The van der Waals surface area contributed by atoms with E-state index in [9.17, 15) is 18.3 Å². The van der Waals surface area contributed by atoms with E-state index in [1.54, 1.807) is 0 Å². The van der Waals surface area contributed by atoms with E-state index in [0.717, 1.165) is 18.9 Å². The average Bonchev–Trinajstić information content (AvgIpc) is 2.69. The second-order valence-corrected chi connectivity index (χ2v) is 5.92. The highest BCUT2D eigenvalue weighted by atomic mass is 19.4. The fourth-order valence-electron chi connectivity index (χ4n) is 3.68. The maximum atomic E-state index is 13.3. The Morgan fingerprint density at radius 3 is 2.29 bits per heavy atom. The summed E-state index contributed by atoms with van der Waals surface area (Å²) in [4.78, 5) is 1.83. The van der Waals surface area contributed by atoms with Crippen molar-refractivity contribution in [3.05, 3.63) is 29.3 Å². The van der Waals surface area contributed by atoms with Gasteiger partial charge in [0.05, 0.1) is 18.3 Å². The van der Waals surface area contributed by atoms with Gasteiger partial charge < -0.3 is 15.1 Å². The minimum Gasteiger partial charge on any atom is -0.393 e. The number of benzene rings is 1. The normalized spacial score (nSPS) is 29.0. The van der Waals surface area contributed by atoms with Crippen LogP contribution in [0.2, 0.25) is 0 Å². The van der Waals surface area contributed by atoms with Crippen molar-refractivity contribution in [1.29, 1.82) is 0 Å². The highest BCUT2D eigenvalue weighted by molar-refractivity contribution is 5.59. The van der Waals surface area contributed by atoms with Gasteiger partial charge in [0, 0.05) is 17.8 Å². The van der Waals surface area contributed by atoms with E-state index in [-0.39, 0.29) is 23.3 Å². The van der Waals surface area contributed by atoms with Gasteiger partial charge in [-0.3, -0.25) is 0 Å². The number of alkyl halides is 3. The zero-order chi connectivity index (χ0) is 15.2. The van der Waals surface area contributed by atoms with Crippen molar-refractivity contribution < 1.29 is 23.4 Å². The first-order valence-corrected chi connectivity index (χ1v) is 7.17. The zero-order valence-corrected chi connectivity index (χ0v) is 11.5. The van der Waals surface area contributed by atoms with E-state index < -0.39 is 24.5 Å². The first kappa shape index (κ1) is 14.7. The second-order valence-electron chi connectivity index (χ2n) is 5.92. The number of hydrogen-bond acceptors (Lipinski definition) is 3. The molecule has 2 aliphatic heterocycles. The predicted molar refractivity (Wildman–Crippen MR) is 71.9 cm³/mol. The molecule has 0 amide bonds. The van der Waals surface area contributed by atoms with Crippen molar-refractivity contribution in [2.24, 2.45) is 0 Å². The molecule has 0 saturated carbocycles. The number of aliphatic hydroxyl groups excluding tert-OH is 2. The van der Waals surface area contributed by atoms with Gasteiger partial charge in [0.15, 0.2) is 0 Å². The van der Waals surface area contributed by atoms with Crippen LogP contribution in [0.1, 0.15) is 36.8 Å². The zero-order valence-electron chi connectivity index (χ0n) is 11.5. The number of halogens is 3. The Morgan fingerprint density at radius 2 is 1.76 bits per heavy atom. The summed E-state index contributed by atoms with van der Waals surface area (Å²) in [5, 5.41) is 18.9. The molecule has 2 N–H and O–H groups in total. The molecule has 2 bridgehead atoms. The van der Waals surface area contributed by atoms with Gasteiger partial charge in [0.2, 0.25) is 0 Å². The van der Waals surface area contributed by atoms with Gasteiger partial charge in [-0.1, -0.05) is 6.07 Å². The Balaban J connectivity index is 2.02. The van der Waals surface area contributed by atoms with Crippen LogP contribution in [0.4, 0.5) is 18.9 Å². The van der Waals surface area contributed by atoms with Crippen LogP contribution in [-0.4, -0.2) is 28.4 Å². The maximum absolute atomic E-state index is 13.3. The smallest absolute Gasteiger partial charge is 0.393 e. The van der Waals surface area contributed by atoms with Crippen molar-refractivity contribution in [2.45, 2.75) is 56.7 Å². The molecule has 1 aromatic rings. The number of nitrogens with zero attached hydrogens (tertiary/aromatic N) is 1. The number of rotatable bonds is 2. The van der Waals surface area contributed by atoms with Gasteiger partial charge in [-0.25, -0.2) is 0 Å². The summed E-state index contributed by atoms with van der Waals surface area (Å²) in [6.07, 6.45) is -2.17. The molecule has 2 atom stereocenters. The van der Waals surface area contributed by atoms with Crippen LogP contribution in [0.15, 0.2) is 18.2 Å². The van der Waals surface area contributed by atoms with Crippen LogP contribution in [0.25, 0.3) is 0 Å². The number of fused-ring (bicyclic) bond motifs is 2. The van der Waals surface area contributed by atoms with Gasteiger partial charge in [-0.05, 0) is 43.4 Å². The van der Waals surface area contributed by atoms with Crippen LogP contribution in [0, 0.1) is 0 Å². The number of piperidine rings is 1. The third kappa shape index (κ3) is 2.62. The predicted octanol–water partition coefficient (Wildman–Crippen LogP) is 2.69. The highest BCUT2D eigenvalue weighted by Crippen LogP contribution is 2.45. The first-order chi connectivity index (χ1) is 9.90. The third-order valence-corrected chi connectivity index (χ3v) is 4.54. The van der Waals surface area contributed by atoms with Gasteiger partial charge in [-0.15, -0.1) is 0 Å². The molecule has 0 aromatic heterocycles. The first-order valence-electron chi connectivity index (χ1n) is 7.17. The third-order valence-electron chi connectivity index (χ3n) is 4.54. The van der Waals surface area contributed by atoms with E-state index in [4.69, 9.17) is 5.11 Å². The van der Waals surface area contributed by atoms with Crippen LogP contribution in [0.5, 0.6) is 0 Å². The van der Waals surface area contributed by atoms with Crippen LogP contribution in [-0.2, 0) is 12.8 Å². The largest absolute Gasteiger partial charge is 0.418 e. The molecule has 116 valence electrons. The Bertz CT molecular complexity index is 518. The lowest BCUT2D eigenvalue weighted by Gasteiger charge is -2.40. The molecule has 21 heavy (non-hydrogen) atoms. The molecular weight excluding hydrogens is 283 g/mol. The van der Waals surface area contributed by atoms with Gasteiger partial charge in [-0.2, -0.15) is 13.2 Å². The molecule has 0 spiro atoms. The molecule has 3 rings (SSSR count). The summed E-state index contributed by atoms with van der Waals surface area (Å²) < 4.78 is 39.9. The Morgan fingerprint density at radius 1 is 1.14 bits per heavy atom. The topological polar surface area (TPSA) is 43.7 Å². The molecule has 0 aliphatic carbocycles. The standard InChI is InChI=1S/C15H18F3NO2/c16-15(17,18)13-5-9(8-20)1-4-14(13)19-10-2-3-11(19)7-12(21)6-10/h1,4-5,10-12,20-21H,2-3,6-8H2. The maximum Gasteiger partial charge on any atom is 0.418 e. The van der Waals surface area contributed by atoms with E-state index in [0.29, 0.717) is 12.8 Å².